The number of nitrogens with one attached hydrogen (secondary N) is 1. The summed E-state index contributed by atoms with van der Waals surface area (Å²) in [4.78, 5) is 10.7. The summed E-state index contributed by atoms with van der Waals surface area (Å²) in [6, 6.07) is 3.46. The molecule has 4 nitrogen and oxygen atoms in total. The van der Waals surface area contributed by atoms with Crippen LogP contribution in [0.5, 0.6) is 0 Å². The first kappa shape index (κ1) is 7.95. The van der Waals surface area contributed by atoms with E-state index in [1.807, 2.05) is 6.07 Å². The van der Waals surface area contributed by atoms with Crippen molar-refractivity contribution in [2.45, 2.75) is 6.42 Å². The SMILES string of the molecule is N#CCc1cc(Br)c(=O)[nH]n1. The average molecular weight is 214 g/mol. The van der Waals surface area contributed by atoms with E-state index in [1.54, 1.807) is 0 Å². The number of nitrogens with zero attached hydrogens (tertiary/aromatic N) is 2. The number of aromatic amines is 1. The van der Waals surface area contributed by atoms with Crippen LogP contribution in [0.2, 0.25) is 0 Å². The van der Waals surface area contributed by atoms with Crippen LogP contribution < -0.4 is 5.56 Å². The molecule has 0 aliphatic rings. The number of rotatable bonds is 1. The Kier molecular flexibility index (Phi) is 2.39. The van der Waals surface area contributed by atoms with Crippen LogP contribution in [-0.4, -0.2) is 10.2 Å². The van der Waals surface area contributed by atoms with Crippen molar-refractivity contribution in [3.8, 4) is 6.07 Å². The second-order valence-electron chi connectivity index (χ2n) is 1.87. The zero-order valence-electron chi connectivity index (χ0n) is 5.47. The van der Waals surface area contributed by atoms with Crippen molar-refractivity contribution in [3.63, 3.8) is 0 Å². The summed E-state index contributed by atoms with van der Waals surface area (Å²) in [5, 5.41) is 14.2. The van der Waals surface area contributed by atoms with Crippen LogP contribution in [0.4, 0.5) is 0 Å². The maximum Gasteiger partial charge on any atom is 0.278 e. The molecule has 1 heterocycles. The molecule has 1 aromatic rings. The first-order valence-electron chi connectivity index (χ1n) is 2.85. The van der Waals surface area contributed by atoms with E-state index >= 15 is 0 Å². The molecule has 0 aliphatic carbocycles. The van der Waals surface area contributed by atoms with Crippen LogP contribution in [0.25, 0.3) is 0 Å². The lowest BCUT2D eigenvalue weighted by Gasteiger charge is -1.91. The van der Waals surface area contributed by atoms with Crippen LogP contribution in [0, 0.1) is 11.3 Å². The van der Waals surface area contributed by atoms with Gasteiger partial charge >= 0.3 is 0 Å². The number of aromatic nitrogens is 2. The van der Waals surface area contributed by atoms with Gasteiger partial charge in [0.05, 0.1) is 22.7 Å². The van der Waals surface area contributed by atoms with E-state index in [0.717, 1.165) is 0 Å². The van der Waals surface area contributed by atoms with E-state index in [4.69, 9.17) is 5.26 Å². The Morgan fingerprint density at radius 3 is 3.09 bits per heavy atom. The van der Waals surface area contributed by atoms with Gasteiger partial charge in [0.15, 0.2) is 0 Å². The van der Waals surface area contributed by atoms with Crippen molar-refractivity contribution in [1.82, 2.24) is 10.2 Å². The summed E-state index contributed by atoms with van der Waals surface area (Å²) in [7, 11) is 0. The van der Waals surface area contributed by atoms with Crippen molar-refractivity contribution < 1.29 is 0 Å². The molecule has 0 amide bonds. The fourth-order valence-electron chi connectivity index (χ4n) is 0.592. The third-order valence-corrected chi connectivity index (χ3v) is 1.66. The smallest absolute Gasteiger partial charge is 0.267 e. The second-order valence-corrected chi connectivity index (χ2v) is 2.73. The summed E-state index contributed by atoms with van der Waals surface area (Å²) in [5.41, 5.74) is 0.269. The van der Waals surface area contributed by atoms with Crippen LogP contribution in [0.15, 0.2) is 15.3 Å². The Labute approximate surface area is 71.0 Å². The maximum absolute atomic E-state index is 10.7. The van der Waals surface area contributed by atoms with Crippen LogP contribution in [-0.2, 0) is 6.42 Å². The van der Waals surface area contributed by atoms with E-state index in [0.29, 0.717) is 10.2 Å². The van der Waals surface area contributed by atoms with Gasteiger partial charge in [-0.05, 0) is 22.0 Å². The summed E-state index contributed by atoms with van der Waals surface area (Å²) >= 11 is 3.02. The Balaban J connectivity index is 3.07. The maximum atomic E-state index is 10.7. The van der Waals surface area contributed by atoms with E-state index in [9.17, 15) is 4.79 Å². The topological polar surface area (TPSA) is 69.5 Å². The monoisotopic (exact) mass is 213 g/mol. The van der Waals surface area contributed by atoms with Gasteiger partial charge in [-0.3, -0.25) is 4.79 Å². The van der Waals surface area contributed by atoms with Gasteiger partial charge in [-0.2, -0.15) is 10.4 Å². The molecule has 0 aliphatic heterocycles. The molecule has 1 N–H and O–H groups in total. The second kappa shape index (κ2) is 3.30. The van der Waals surface area contributed by atoms with Crippen LogP contribution >= 0.6 is 15.9 Å². The highest BCUT2D eigenvalue weighted by Gasteiger charge is 1.97. The third-order valence-electron chi connectivity index (χ3n) is 1.07. The lowest BCUT2D eigenvalue weighted by molar-refractivity contribution is 0.914. The Morgan fingerprint density at radius 1 is 1.82 bits per heavy atom. The van der Waals surface area contributed by atoms with E-state index < -0.39 is 0 Å². The zero-order valence-corrected chi connectivity index (χ0v) is 7.05. The van der Waals surface area contributed by atoms with Crippen LogP contribution in [0.3, 0.4) is 0 Å². The van der Waals surface area contributed by atoms with Crippen LogP contribution in [0.1, 0.15) is 5.69 Å². The Bertz CT molecular complexity index is 352. The minimum atomic E-state index is -0.285. The molecule has 0 spiro atoms. The van der Waals surface area contributed by atoms with Crippen molar-refractivity contribution in [3.05, 3.63) is 26.6 Å². The number of nitriles is 1. The first-order valence-corrected chi connectivity index (χ1v) is 3.64. The van der Waals surface area contributed by atoms with E-state index in [1.165, 1.54) is 6.07 Å². The average Bonchev–Trinajstić information content (AvgIpc) is 1.98. The molecular formula is C6H4BrN3O. The summed E-state index contributed by atoms with van der Waals surface area (Å²) in [6.45, 7) is 0. The third kappa shape index (κ3) is 1.88. The minimum absolute atomic E-state index is 0.204. The standard InChI is InChI=1S/C6H4BrN3O/c7-5-3-4(1-2-8)9-10-6(5)11/h3H,1H2,(H,10,11). The Morgan fingerprint density at radius 2 is 2.55 bits per heavy atom. The predicted molar refractivity (Wildman–Crippen MR) is 41.9 cm³/mol. The molecule has 0 bridgehead atoms. The molecule has 0 fully saturated rings. The van der Waals surface area contributed by atoms with Gasteiger partial charge < -0.3 is 0 Å². The zero-order chi connectivity index (χ0) is 8.27. The molecule has 1 aromatic heterocycles. The molecule has 0 radical (unpaired) electrons. The highest BCUT2D eigenvalue weighted by atomic mass is 79.9. The van der Waals surface area contributed by atoms with Gasteiger partial charge in [-0.15, -0.1) is 0 Å². The Hall–Kier alpha value is -1.15. The molecule has 11 heavy (non-hydrogen) atoms. The van der Waals surface area contributed by atoms with E-state index in [2.05, 4.69) is 26.1 Å². The molecule has 1 rings (SSSR count). The highest BCUT2D eigenvalue weighted by molar-refractivity contribution is 9.10. The van der Waals surface area contributed by atoms with Gasteiger partial charge in [0.25, 0.3) is 5.56 Å². The minimum Gasteiger partial charge on any atom is -0.267 e. The number of halogens is 1. The summed E-state index contributed by atoms with van der Waals surface area (Å²) in [5.74, 6) is 0. The van der Waals surface area contributed by atoms with Crippen molar-refractivity contribution in [1.29, 1.82) is 5.26 Å². The first-order chi connectivity index (χ1) is 5.24. The quantitative estimate of drug-likeness (QED) is 0.743. The molecule has 0 aromatic carbocycles. The van der Waals surface area contributed by atoms with Gasteiger partial charge in [-0.1, -0.05) is 0 Å². The molecule has 0 saturated heterocycles. The molecule has 56 valence electrons. The molecule has 0 atom stereocenters. The molecule has 0 saturated carbocycles. The number of hydrogen-bond acceptors (Lipinski definition) is 3. The molecule has 5 heteroatoms. The molecular weight excluding hydrogens is 210 g/mol. The van der Waals surface area contributed by atoms with Gasteiger partial charge in [0, 0.05) is 0 Å². The van der Waals surface area contributed by atoms with Gasteiger partial charge in [0.2, 0.25) is 0 Å². The fraction of sp³-hybridized carbons (Fsp3) is 0.167. The van der Waals surface area contributed by atoms with Gasteiger partial charge in [-0.25, -0.2) is 5.10 Å². The summed E-state index contributed by atoms with van der Waals surface area (Å²) < 4.78 is 0.401. The predicted octanol–water partition coefficient (Wildman–Crippen LogP) is 0.598. The van der Waals surface area contributed by atoms with Crippen molar-refractivity contribution >= 4 is 15.9 Å². The van der Waals surface area contributed by atoms with E-state index in [-0.39, 0.29) is 12.0 Å². The molecule has 0 unspecified atom stereocenters. The lowest BCUT2D eigenvalue weighted by Crippen LogP contribution is -2.09. The lowest BCUT2D eigenvalue weighted by atomic mass is 10.3. The largest absolute Gasteiger partial charge is 0.278 e. The highest BCUT2D eigenvalue weighted by Crippen LogP contribution is 2.02. The summed E-state index contributed by atoms with van der Waals surface area (Å²) in [6.07, 6.45) is 0.204. The van der Waals surface area contributed by atoms with Gasteiger partial charge in [0.1, 0.15) is 0 Å². The number of hydrogen-bond donors (Lipinski definition) is 1. The van der Waals surface area contributed by atoms with Crippen molar-refractivity contribution in [2.24, 2.45) is 0 Å². The number of H-pyrrole nitrogens is 1. The van der Waals surface area contributed by atoms with Crippen molar-refractivity contribution in [2.75, 3.05) is 0 Å². The fourth-order valence-corrected chi connectivity index (χ4v) is 0.945. The normalized spacial score (nSPS) is 9.09.